The summed E-state index contributed by atoms with van der Waals surface area (Å²) in [6.07, 6.45) is 0.843. The number of ether oxygens (including phenoxy) is 3. The Bertz CT molecular complexity index is 767. The van der Waals surface area contributed by atoms with E-state index in [4.69, 9.17) is 19.9 Å². The fourth-order valence-corrected chi connectivity index (χ4v) is 2.96. The maximum absolute atomic E-state index is 6.10. The molecule has 1 aliphatic rings. The average molecular weight is 469 g/mol. The average Bonchev–Trinajstić information content (AvgIpc) is 2.66. The third kappa shape index (κ3) is 4.51. The highest BCUT2D eigenvalue weighted by Gasteiger charge is 2.21. The van der Waals surface area contributed by atoms with Crippen LogP contribution in [0.1, 0.15) is 23.6 Å². The molecule has 0 aliphatic carbocycles. The van der Waals surface area contributed by atoms with Crippen molar-refractivity contribution >= 4 is 29.9 Å². The first-order valence-electron chi connectivity index (χ1n) is 8.21. The zero-order valence-electron chi connectivity index (χ0n) is 14.9. The topological polar surface area (TPSA) is 78.1 Å². The summed E-state index contributed by atoms with van der Waals surface area (Å²) in [5, 5.41) is 3.29. The van der Waals surface area contributed by atoms with Gasteiger partial charge in [0.25, 0.3) is 0 Å². The highest BCUT2D eigenvalue weighted by atomic mass is 127. The molecule has 0 radical (unpaired) electrons. The molecule has 7 heteroatoms. The van der Waals surface area contributed by atoms with Gasteiger partial charge < -0.3 is 25.3 Å². The maximum Gasteiger partial charge on any atom is 0.189 e. The van der Waals surface area contributed by atoms with Gasteiger partial charge in [-0.3, -0.25) is 0 Å². The van der Waals surface area contributed by atoms with E-state index in [9.17, 15) is 0 Å². The van der Waals surface area contributed by atoms with Crippen molar-refractivity contribution in [2.45, 2.75) is 19.0 Å². The molecule has 26 heavy (non-hydrogen) atoms. The number of nitrogens with zero attached hydrogens (tertiary/aromatic N) is 1. The van der Waals surface area contributed by atoms with Crippen LogP contribution in [0.25, 0.3) is 0 Å². The Hall–Kier alpha value is -2.16. The van der Waals surface area contributed by atoms with E-state index in [1.807, 2.05) is 42.5 Å². The minimum Gasteiger partial charge on any atom is -0.493 e. The second-order valence-corrected chi connectivity index (χ2v) is 5.73. The molecule has 6 nitrogen and oxygen atoms in total. The Morgan fingerprint density at radius 2 is 2.00 bits per heavy atom. The number of hydrogen-bond donors (Lipinski definition) is 2. The number of benzene rings is 2. The van der Waals surface area contributed by atoms with Crippen molar-refractivity contribution in [3.63, 3.8) is 0 Å². The van der Waals surface area contributed by atoms with Gasteiger partial charge in [-0.25, -0.2) is 4.99 Å². The van der Waals surface area contributed by atoms with Crippen molar-refractivity contribution in [3.8, 4) is 17.2 Å². The highest BCUT2D eigenvalue weighted by Crippen LogP contribution is 2.32. The number of hydrogen-bond acceptors (Lipinski definition) is 4. The van der Waals surface area contributed by atoms with E-state index in [2.05, 4.69) is 10.3 Å². The monoisotopic (exact) mass is 469 g/mol. The lowest BCUT2D eigenvalue weighted by Gasteiger charge is -2.27. The molecular weight excluding hydrogens is 445 g/mol. The van der Waals surface area contributed by atoms with Crippen LogP contribution < -0.4 is 25.3 Å². The lowest BCUT2D eigenvalue weighted by molar-refractivity contribution is 0.262. The molecule has 0 amide bonds. The molecule has 0 bridgehead atoms. The second-order valence-electron chi connectivity index (χ2n) is 5.73. The van der Waals surface area contributed by atoms with E-state index >= 15 is 0 Å². The first-order valence-corrected chi connectivity index (χ1v) is 8.21. The summed E-state index contributed by atoms with van der Waals surface area (Å²) in [5.41, 5.74) is 8.12. The van der Waals surface area contributed by atoms with E-state index in [-0.39, 0.29) is 30.0 Å². The quantitative estimate of drug-likeness (QED) is 0.400. The van der Waals surface area contributed by atoms with Crippen LogP contribution in [0.4, 0.5) is 0 Å². The summed E-state index contributed by atoms with van der Waals surface area (Å²) in [4.78, 5) is 4.45. The molecule has 1 heterocycles. The molecule has 0 aromatic heterocycles. The van der Waals surface area contributed by atoms with E-state index in [1.165, 1.54) is 0 Å². The normalized spacial score (nSPS) is 15.9. The summed E-state index contributed by atoms with van der Waals surface area (Å²) in [6.45, 7) is 1.07. The first kappa shape index (κ1) is 20.2. The van der Waals surface area contributed by atoms with E-state index in [0.29, 0.717) is 30.6 Å². The Labute approximate surface area is 170 Å². The van der Waals surface area contributed by atoms with Gasteiger partial charge in [0, 0.05) is 17.5 Å². The van der Waals surface area contributed by atoms with Crippen LogP contribution >= 0.6 is 24.0 Å². The molecule has 140 valence electrons. The fraction of sp³-hybridized carbons (Fsp3) is 0.316. The summed E-state index contributed by atoms with van der Waals surface area (Å²) >= 11 is 0. The largest absolute Gasteiger partial charge is 0.493 e. The van der Waals surface area contributed by atoms with Gasteiger partial charge in [0.1, 0.15) is 5.75 Å². The number of para-hydroxylation sites is 2. The smallest absolute Gasteiger partial charge is 0.189 e. The van der Waals surface area contributed by atoms with Crippen LogP contribution in [0.5, 0.6) is 17.2 Å². The van der Waals surface area contributed by atoms with Crippen LogP contribution in [0, 0.1) is 0 Å². The molecule has 0 spiro atoms. The van der Waals surface area contributed by atoms with Gasteiger partial charge in [-0.05, 0) is 12.1 Å². The van der Waals surface area contributed by atoms with E-state index in [0.717, 1.165) is 23.3 Å². The summed E-state index contributed by atoms with van der Waals surface area (Å²) in [5.74, 6) is 2.65. The van der Waals surface area contributed by atoms with Crippen molar-refractivity contribution in [3.05, 3.63) is 53.6 Å². The van der Waals surface area contributed by atoms with E-state index < -0.39 is 0 Å². The maximum atomic E-state index is 6.10. The van der Waals surface area contributed by atoms with Crippen molar-refractivity contribution in [2.24, 2.45) is 10.7 Å². The highest BCUT2D eigenvalue weighted by molar-refractivity contribution is 14.0. The lowest BCUT2D eigenvalue weighted by Crippen LogP contribution is -2.37. The number of aliphatic imine (C=N–C) groups is 1. The fourth-order valence-electron chi connectivity index (χ4n) is 2.96. The Morgan fingerprint density at radius 1 is 1.19 bits per heavy atom. The predicted octanol–water partition coefficient (Wildman–Crippen LogP) is 3.25. The first-order chi connectivity index (χ1) is 12.2. The number of fused-ring (bicyclic) bond motifs is 1. The number of nitrogens with one attached hydrogen (secondary N) is 1. The molecule has 1 aliphatic heterocycles. The molecule has 1 unspecified atom stereocenters. The minimum atomic E-state index is 0. The zero-order valence-corrected chi connectivity index (χ0v) is 17.2. The van der Waals surface area contributed by atoms with Gasteiger partial charge in [-0.15, -0.1) is 24.0 Å². The van der Waals surface area contributed by atoms with Gasteiger partial charge in [0.05, 0.1) is 33.4 Å². The number of rotatable bonds is 5. The SMILES string of the molecule is COc1cccc(CN=C(N)NC2CCOc3ccccc32)c1OC.I. The van der Waals surface area contributed by atoms with Crippen LogP contribution in [-0.4, -0.2) is 26.8 Å². The molecule has 1 atom stereocenters. The minimum absolute atomic E-state index is 0. The Morgan fingerprint density at radius 3 is 2.77 bits per heavy atom. The summed E-state index contributed by atoms with van der Waals surface area (Å²) < 4.78 is 16.4. The molecule has 3 N–H and O–H groups in total. The number of halogens is 1. The summed E-state index contributed by atoms with van der Waals surface area (Å²) in [6, 6.07) is 13.8. The van der Waals surface area contributed by atoms with Crippen molar-refractivity contribution in [1.82, 2.24) is 5.32 Å². The standard InChI is InChI=1S/C19H23N3O3.HI/c1-23-17-9-5-6-13(18(17)24-2)12-21-19(20)22-15-10-11-25-16-8-4-3-7-14(15)16;/h3-9,15H,10-12H2,1-2H3,(H3,20,21,22);1H. The van der Waals surface area contributed by atoms with Crippen molar-refractivity contribution < 1.29 is 14.2 Å². The third-order valence-corrected chi connectivity index (χ3v) is 4.18. The van der Waals surface area contributed by atoms with Crippen LogP contribution in [0.15, 0.2) is 47.5 Å². The Balaban J connectivity index is 0.00000243. The predicted molar refractivity (Wildman–Crippen MR) is 113 cm³/mol. The summed E-state index contributed by atoms with van der Waals surface area (Å²) in [7, 11) is 3.23. The second kappa shape index (κ2) is 9.51. The molecule has 2 aromatic rings. The Kier molecular flexibility index (Phi) is 7.38. The molecule has 0 saturated carbocycles. The van der Waals surface area contributed by atoms with Crippen LogP contribution in [0.2, 0.25) is 0 Å². The van der Waals surface area contributed by atoms with Crippen molar-refractivity contribution in [1.29, 1.82) is 0 Å². The zero-order chi connectivity index (χ0) is 17.6. The van der Waals surface area contributed by atoms with Gasteiger partial charge in [0.15, 0.2) is 17.5 Å². The lowest BCUT2D eigenvalue weighted by atomic mass is 10.0. The van der Waals surface area contributed by atoms with Gasteiger partial charge in [-0.2, -0.15) is 0 Å². The molecule has 2 aromatic carbocycles. The van der Waals surface area contributed by atoms with Gasteiger partial charge in [-0.1, -0.05) is 30.3 Å². The molecule has 0 fully saturated rings. The van der Waals surface area contributed by atoms with Gasteiger partial charge >= 0.3 is 0 Å². The van der Waals surface area contributed by atoms with Crippen LogP contribution in [-0.2, 0) is 6.54 Å². The molecule has 0 saturated heterocycles. The number of methoxy groups -OCH3 is 2. The molecular formula is C19H24IN3O3. The van der Waals surface area contributed by atoms with Crippen molar-refractivity contribution in [2.75, 3.05) is 20.8 Å². The third-order valence-electron chi connectivity index (χ3n) is 4.18. The molecule has 3 rings (SSSR count). The number of nitrogens with two attached hydrogens (primary N) is 1. The number of guanidine groups is 1. The van der Waals surface area contributed by atoms with Gasteiger partial charge in [0.2, 0.25) is 0 Å². The van der Waals surface area contributed by atoms with Crippen LogP contribution in [0.3, 0.4) is 0 Å². The van der Waals surface area contributed by atoms with E-state index in [1.54, 1.807) is 14.2 Å².